The van der Waals surface area contributed by atoms with E-state index in [0.29, 0.717) is 6.04 Å². The molecule has 1 atom stereocenters. The Labute approximate surface area is 116 Å². The minimum absolute atomic E-state index is 0.550. The van der Waals surface area contributed by atoms with Crippen LogP contribution in [0.15, 0.2) is 18.2 Å². The summed E-state index contributed by atoms with van der Waals surface area (Å²) in [5, 5.41) is 3.57. The normalized spacial score (nSPS) is 12.4. The van der Waals surface area contributed by atoms with Gasteiger partial charge in [0.2, 0.25) is 0 Å². The minimum Gasteiger partial charge on any atom is -0.496 e. The highest BCUT2D eigenvalue weighted by atomic mass is 32.2. The summed E-state index contributed by atoms with van der Waals surface area (Å²) in [4.78, 5) is 0. The van der Waals surface area contributed by atoms with E-state index in [-0.39, 0.29) is 0 Å². The van der Waals surface area contributed by atoms with Gasteiger partial charge in [-0.25, -0.2) is 0 Å². The van der Waals surface area contributed by atoms with E-state index < -0.39 is 0 Å². The molecule has 0 aromatic heterocycles. The first-order valence-electron chi connectivity index (χ1n) is 6.62. The number of benzene rings is 1. The summed E-state index contributed by atoms with van der Waals surface area (Å²) in [5.41, 5.74) is 2.52. The molecule has 3 heteroatoms. The molecule has 0 bridgehead atoms. The van der Waals surface area contributed by atoms with Crippen molar-refractivity contribution >= 4 is 11.8 Å². The average molecular weight is 267 g/mol. The van der Waals surface area contributed by atoms with Crippen molar-refractivity contribution in [2.45, 2.75) is 39.8 Å². The molecule has 1 aromatic rings. The Morgan fingerprint density at radius 2 is 2.17 bits per heavy atom. The molecule has 0 aliphatic rings. The van der Waals surface area contributed by atoms with Gasteiger partial charge in [0.1, 0.15) is 5.75 Å². The number of aryl methyl sites for hydroxylation is 1. The summed E-state index contributed by atoms with van der Waals surface area (Å²) in [7, 11) is 1.73. The number of thioether (sulfide) groups is 1. The fraction of sp³-hybridized carbons (Fsp3) is 0.600. The van der Waals surface area contributed by atoms with Crippen LogP contribution in [0.2, 0.25) is 0 Å². The van der Waals surface area contributed by atoms with Gasteiger partial charge in [-0.3, -0.25) is 0 Å². The van der Waals surface area contributed by atoms with Crippen molar-refractivity contribution in [2.24, 2.45) is 0 Å². The molecule has 0 aliphatic carbocycles. The summed E-state index contributed by atoms with van der Waals surface area (Å²) in [6.45, 7) is 7.45. The molecule has 1 unspecified atom stereocenters. The lowest BCUT2D eigenvalue weighted by atomic mass is 10.1. The van der Waals surface area contributed by atoms with Crippen LogP contribution in [-0.2, 0) is 6.54 Å². The fourth-order valence-electron chi connectivity index (χ4n) is 1.84. The summed E-state index contributed by atoms with van der Waals surface area (Å²) >= 11 is 2.00. The molecule has 0 fully saturated rings. The third-order valence-electron chi connectivity index (χ3n) is 2.98. The van der Waals surface area contributed by atoms with Crippen molar-refractivity contribution in [3.63, 3.8) is 0 Å². The summed E-state index contributed by atoms with van der Waals surface area (Å²) in [6, 6.07) is 6.88. The highest BCUT2D eigenvalue weighted by Crippen LogP contribution is 2.19. The molecule has 102 valence electrons. The van der Waals surface area contributed by atoms with Crippen LogP contribution in [0.25, 0.3) is 0 Å². The molecule has 1 aromatic carbocycles. The van der Waals surface area contributed by atoms with E-state index in [2.05, 4.69) is 38.2 Å². The van der Waals surface area contributed by atoms with Gasteiger partial charge < -0.3 is 10.1 Å². The first-order chi connectivity index (χ1) is 8.67. The molecule has 0 heterocycles. The van der Waals surface area contributed by atoms with Crippen LogP contribution in [0.4, 0.5) is 0 Å². The molecular weight excluding hydrogens is 242 g/mol. The second-order valence-corrected chi connectivity index (χ2v) is 5.98. The third kappa shape index (κ3) is 5.32. The number of hydrogen-bond acceptors (Lipinski definition) is 3. The lowest BCUT2D eigenvalue weighted by Crippen LogP contribution is -2.26. The fourth-order valence-corrected chi connectivity index (χ4v) is 2.65. The molecule has 0 aliphatic heterocycles. The van der Waals surface area contributed by atoms with Crippen molar-refractivity contribution in [3.8, 4) is 5.75 Å². The molecule has 2 nitrogen and oxygen atoms in total. The molecule has 1 rings (SSSR count). The number of methoxy groups -OCH3 is 1. The molecule has 0 amide bonds. The maximum absolute atomic E-state index is 5.39. The van der Waals surface area contributed by atoms with E-state index in [4.69, 9.17) is 4.74 Å². The van der Waals surface area contributed by atoms with Crippen molar-refractivity contribution < 1.29 is 4.74 Å². The summed E-state index contributed by atoms with van der Waals surface area (Å²) in [6.07, 6.45) is 1.21. The Balaban J connectivity index is 2.44. The second kappa shape index (κ2) is 8.44. The van der Waals surface area contributed by atoms with Crippen LogP contribution in [-0.4, -0.2) is 24.7 Å². The van der Waals surface area contributed by atoms with E-state index in [1.54, 1.807) is 7.11 Å². The van der Waals surface area contributed by atoms with Gasteiger partial charge in [0.05, 0.1) is 7.11 Å². The zero-order valence-corrected chi connectivity index (χ0v) is 12.8. The highest BCUT2D eigenvalue weighted by molar-refractivity contribution is 7.99. The van der Waals surface area contributed by atoms with Crippen LogP contribution >= 0.6 is 11.8 Å². The van der Waals surface area contributed by atoms with Crippen LogP contribution in [0.5, 0.6) is 5.75 Å². The quantitative estimate of drug-likeness (QED) is 0.727. The summed E-state index contributed by atoms with van der Waals surface area (Å²) in [5.74, 6) is 3.41. The zero-order chi connectivity index (χ0) is 13.4. The van der Waals surface area contributed by atoms with Gasteiger partial charge >= 0.3 is 0 Å². The van der Waals surface area contributed by atoms with E-state index in [1.807, 2.05) is 17.8 Å². The Morgan fingerprint density at radius 1 is 1.39 bits per heavy atom. The van der Waals surface area contributed by atoms with Gasteiger partial charge in [-0.05, 0) is 37.8 Å². The number of ether oxygens (including phenoxy) is 1. The van der Waals surface area contributed by atoms with Gasteiger partial charge in [0, 0.05) is 18.2 Å². The average Bonchev–Trinajstić information content (AvgIpc) is 2.37. The topological polar surface area (TPSA) is 21.3 Å². The lowest BCUT2D eigenvalue weighted by Gasteiger charge is -2.15. The van der Waals surface area contributed by atoms with Crippen molar-refractivity contribution in [1.29, 1.82) is 0 Å². The van der Waals surface area contributed by atoms with Gasteiger partial charge in [0.25, 0.3) is 0 Å². The van der Waals surface area contributed by atoms with Crippen LogP contribution in [0.3, 0.4) is 0 Å². The van der Waals surface area contributed by atoms with Gasteiger partial charge in [-0.2, -0.15) is 11.8 Å². The molecule has 18 heavy (non-hydrogen) atoms. The first-order valence-corrected chi connectivity index (χ1v) is 7.77. The van der Waals surface area contributed by atoms with E-state index in [1.165, 1.54) is 29.1 Å². The van der Waals surface area contributed by atoms with E-state index in [9.17, 15) is 0 Å². The SMILES string of the molecule is CCSCCC(C)NCc1cc(C)ccc1OC. The highest BCUT2D eigenvalue weighted by Gasteiger charge is 2.05. The number of hydrogen-bond donors (Lipinski definition) is 1. The van der Waals surface area contributed by atoms with Crippen molar-refractivity contribution in [1.82, 2.24) is 5.32 Å². The van der Waals surface area contributed by atoms with Crippen LogP contribution < -0.4 is 10.1 Å². The molecular formula is C15H25NOS. The zero-order valence-electron chi connectivity index (χ0n) is 12.0. The van der Waals surface area contributed by atoms with Crippen LogP contribution in [0, 0.1) is 6.92 Å². The minimum atomic E-state index is 0.550. The predicted molar refractivity (Wildman–Crippen MR) is 81.6 cm³/mol. The largest absolute Gasteiger partial charge is 0.496 e. The first kappa shape index (κ1) is 15.4. The molecule has 1 N–H and O–H groups in total. The monoisotopic (exact) mass is 267 g/mol. The number of rotatable bonds is 8. The second-order valence-electron chi connectivity index (χ2n) is 4.58. The van der Waals surface area contributed by atoms with Gasteiger partial charge in [-0.1, -0.05) is 24.6 Å². The van der Waals surface area contributed by atoms with E-state index >= 15 is 0 Å². The molecule has 0 spiro atoms. The smallest absolute Gasteiger partial charge is 0.123 e. The summed E-state index contributed by atoms with van der Waals surface area (Å²) < 4.78 is 5.39. The lowest BCUT2D eigenvalue weighted by molar-refractivity contribution is 0.405. The molecule has 0 radical (unpaired) electrons. The Kier molecular flexibility index (Phi) is 7.21. The molecule has 0 saturated heterocycles. The Hall–Kier alpha value is -0.670. The van der Waals surface area contributed by atoms with Gasteiger partial charge in [0.15, 0.2) is 0 Å². The van der Waals surface area contributed by atoms with Gasteiger partial charge in [-0.15, -0.1) is 0 Å². The van der Waals surface area contributed by atoms with Crippen molar-refractivity contribution in [3.05, 3.63) is 29.3 Å². The van der Waals surface area contributed by atoms with Crippen LogP contribution in [0.1, 0.15) is 31.4 Å². The number of nitrogens with one attached hydrogen (secondary N) is 1. The molecule has 0 saturated carbocycles. The van der Waals surface area contributed by atoms with Crippen molar-refractivity contribution in [2.75, 3.05) is 18.6 Å². The third-order valence-corrected chi connectivity index (χ3v) is 3.91. The standard InChI is InChI=1S/C15H25NOS/c1-5-18-9-8-13(3)16-11-14-10-12(2)6-7-15(14)17-4/h6-7,10,13,16H,5,8-9,11H2,1-4H3. The maximum atomic E-state index is 5.39. The Morgan fingerprint density at radius 3 is 2.83 bits per heavy atom. The maximum Gasteiger partial charge on any atom is 0.123 e. The van der Waals surface area contributed by atoms with E-state index in [0.717, 1.165) is 12.3 Å². The Bertz CT molecular complexity index is 354. The predicted octanol–water partition coefficient (Wildman–Crippen LogP) is 3.62.